The van der Waals surface area contributed by atoms with E-state index < -0.39 is 17.5 Å². The zero-order valence-corrected chi connectivity index (χ0v) is 11.0. The number of hydrogen-bond acceptors (Lipinski definition) is 5. The second-order valence-electron chi connectivity index (χ2n) is 4.58. The molecule has 0 aliphatic carbocycles. The van der Waals surface area contributed by atoms with Gasteiger partial charge < -0.3 is 10.8 Å². The number of aromatic nitrogens is 3. The van der Waals surface area contributed by atoms with Crippen molar-refractivity contribution in [2.24, 2.45) is 0 Å². The summed E-state index contributed by atoms with van der Waals surface area (Å²) in [6, 6.07) is 4.28. The Balaban J connectivity index is 2.23. The van der Waals surface area contributed by atoms with E-state index in [4.69, 9.17) is 5.73 Å². The zero-order chi connectivity index (χ0) is 15.9. The first kappa shape index (κ1) is 14.1. The van der Waals surface area contributed by atoms with Crippen molar-refractivity contribution >= 4 is 16.6 Å². The molecule has 3 rings (SSSR count). The number of phenols is 1. The molecule has 2 heterocycles. The Bertz CT molecular complexity index is 864. The van der Waals surface area contributed by atoms with Crippen molar-refractivity contribution < 1.29 is 18.3 Å². The van der Waals surface area contributed by atoms with Crippen LogP contribution in [0.3, 0.4) is 0 Å². The first-order valence-corrected chi connectivity index (χ1v) is 6.14. The predicted molar refractivity (Wildman–Crippen MR) is 73.8 cm³/mol. The van der Waals surface area contributed by atoms with Gasteiger partial charge >= 0.3 is 6.18 Å². The summed E-state index contributed by atoms with van der Waals surface area (Å²) in [6.07, 6.45) is -1.56. The summed E-state index contributed by atoms with van der Waals surface area (Å²) in [6.45, 7) is 0. The quantitative estimate of drug-likeness (QED) is 0.722. The second kappa shape index (κ2) is 4.83. The Morgan fingerprint density at radius 2 is 1.82 bits per heavy atom. The monoisotopic (exact) mass is 306 g/mol. The lowest BCUT2D eigenvalue weighted by Gasteiger charge is -2.11. The lowest BCUT2D eigenvalue weighted by Crippen LogP contribution is -2.04. The van der Waals surface area contributed by atoms with Gasteiger partial charge in [-0.1, -0.05) is 0 Å². The summed E-state index contributed by atoms with van der Waals surface area (Å²) < 4.78 is 37.9. The number of rotatable bonds is 1. The molecule has 0 bridgehead atoms. The molecule has 22 heavy (non-hydrogen) atoms. The van der Waals surface area contributed by atoms with Gasteiger partial charge in [0, 0.05) is 28.7 Å². The van der Waals surface area contributed by atoms with Crippen molar-refractivity contribution in [1.82, 2.24) is 15.2 Å². The highest BCUT2D eigenvalue weighted by atomic mass is 19.4. The van der Waals surface area contributed by atoms with Crippen LogP contribution in [0, 0.1) is 0 Å². The van der Waals surface area contributed by atoms with E-state index in [-0.39, 0.29) is 17.1 Å². The number of phenolic OH excluding ortho intramolecular Hbond substituents is 1. The minimum atomic E-state index is -4.54. The molecule has 0 unspecified atom stereocenters. The largest absolute Gasteiger partial charge is 0.507 e. The van der Waals surface area contributed by atoms with Crippen LogP contribution < -0.4 is 5.73 Å². The van der Waals surface area contributed by atoms with Gasteiger partial charge in [-0.3, -0.25) is 4.98 Å². The van der Waals surface area contributed by atoms with E-state index >= 15 is 0 Å². The van der Waals surface area contributed by atoms with Crippen LogP contribution in [-0.2, 0) is 6.18 Å². The molecular weight excluding hydrogens is 297 g/mol. The predicted octanol–water partition coefficient (Wildman–Crippen LogP) is 3.00. The van der Waals surface area contributed by atoms with Gasteiger partial charge in [0.15, 0.2) is 5.82 Å². The van der Waals surface area contributed by atoms with Crippen LogP contribution in [0.15, 0.2) is 36.7 Å². The lowest BCUT2D eigenvalue weighted by molar-refractivity contribution is -0.137. The number of nitrogens with two attached hydrogens (primary N) is 1. The van der Waals surface area contributed by atoms with Crippen molar-refractivity contribution in [3.8, 4) is 17.0 Å². The van der Waals surface area contributed by atoms with Crippen molar-refractivity contribution in [2.75, 3.05) is 5.73 Å². The normalized spacial score (nSPS) is 11.8. The molecule has 0 aliphatic heterocycles. The highest BCUT2D eigenvalue weighted by Crippen LogP contribution is 2.38. The molecular formula is C14H9F3N4O. The summed E-state index contributed by atoms with van der Waals surface area (Å²) in [4.78, 5) is 3.94. The van der Waals surface area contributed by atoms with Crippen LogP contribution in [0.4, 0.5) is 19.0 Å². The number of nitrogen functional groups attached to an aromatic ring is 1. The molecule has 5 nitrogen and oxygen atoms in total. The van der Waals surface area contributed by atoms with Crippen molar-refractivity contribution in [3.63, 3.8) is 0 Å². The van der Waals surface area contributed by atoms with Gasteiger partial charge in [0.2, 0.25) is 0 Å². The minimum Gasteiger partial charge on any atom is -0.507 e. The minimum absolute atomic E-state index is 0.124. The smallest absolute Gasteiger partial charge is 0.416 e. The molecule has 0 fully saturated rings. The van der Waals surface area contributed by atoms with E-state index in [1.165, 1.54) is 12.4 Å². The van der Waals surface area contributed by atoms with E-state index in [9.17, 15) is 18.3 Å². The van der Waals surface area contributed by atoms with E-state index in [0.717, 1.165) is 12.1 Å². The summed E-state index contributed by atoms with van der Waals surface area (Å²) in [5, 5.41) is 18.6. The highest BCUT2D eigenvalue weighted by Gasteiger charge is 2.31. The van der Waals surface area contributed by atoms with Crippen LogP contribution in [0.5, 0.6) is 5.75 Å². The number of anilines is 1. The molecule has 0 atom stereocenters. The van der Waals surface area contributed by atoms with Gasteiger partial charge in [-0.2, -0.15) is 13.2 Å². The number of hydrogen-bond donors (Lipinski definition) is 2. The molecule has 8 heteroatoms. The molecule has 0 spiro atoms. The number of nitrogens with zero attached hydrogens (tertiary/aromatic N) is 3. The maximum atomic E-state index is 12.6. The molecule has 0 radical (unpaired) electrons. The van der Waals surface area contributed by atoms with Gasteiger partial charge in [0.05, 0.1) is 5.56 Å². The average molecular weight is 306 g/mol. The van der Waals surface area contributed by atoms with Gasteiger partial charge in [0.1, 0.15) is 11.4 Å². The number of aromatic hydroxyl groups is 1. The summed E-state index contributed by atoms with van der Waals surface area (Å²) >= 11 is 0. The molecule has 0 saturated carbocycles. The van der Waals surface area contributed by atoms with Crippen LogP contribution >= 0.6 is 0 Å². The summed E-state index contributed by atoms with van der Waals surface area (Å²) in [5.74, 6) is -0.369. The Morgan fingerprint density at radius 3 is 2.50 bits per heavy atom. The van der Waals surface area contributed by atoms with E-state index in [1.54, 1.807) is 6.07 Å². The molecule has 0 saturated heterocycles. The van der Waals surface area contributed by atoms with E-state index in [1.807, 2.05) is 0 Å². The average Bonchev–Trinajstić information content (AvgIpc) is 2.47. The van der Waals surface area contributed by atoms with Gasteiger partial charge in [0.25, 0.3) is 0 Å². The summed E-state index contributed by atoms with van der Waals surface area (Å²) in [5.41, 5.74) is 5.10. The third kappa shape index (κ3) is 2.28. The molecule has 112 valence electrons. The first-order valence-electron chi connectivity index (χ1n) is 6.14. The fourth-order valence-electron chi connectivity index (χ4n) is 2.13. The van der Waals surface area contributed by atoms with Gasteiger partial charge in [-0.25, -0.2) is 0 Å². The number of alkyl halides is 3. The number of benzene rings is 1. The zero-order valence-electron chi connectivity index (χ0n) is 11.0. The van der Waals surface area contributed by atoms with E-state index in [0.29, 0.717) is 16.8 Å². The fourth-order valence-corrected chi connectivity index (χ4v) is 2.13. The highest BCUT2D eigenvalue weighted by molar-refractivity contribution is 5.99. The summed E-state index contributed by atoms with van der Waals surface area (Å²) in [7, 11) is 0. The van der Waals surface area contributed by atoms with Crippen molar-refractivity contribution in [3.05, 3.63) is 42.2 Å². The van der Waals surface area contributed by atoms with Crippen LogP contribution in [0.1, 0.15) is 5.56 Å². The Hall–Kier alpha value is -2.90. The van der Waals surface area contributed by atoms with Crippen molar-refractivity contribution in [1.29, 1.82) is 0 Å². The molecule has 1 aromatic carbocycles. The topological polar surface area (TPSA) is 84.9 Å². The van der Waals surface area contributed by atoms with Gasteiger partial charge in [-0.15, -0.1) is 10.2 Å². The maximum absolute atomic E-state index is 12.6. The Labute approximate surface area is 122 Å². The second-order valence-corrected chi connectivity index (χ2v) is 4.58. The Kier molecular flexibility index (Phi) is 3.09. The number of halogens is 3. The molecule has 0 amide bonds. The third-order valence-corrected chi connectivity index (χ3v) is 3.19. The van der Waals surface area contributed by atoms with E-state index in [2.05, 4.69) is 15.2 Å². The standard InChI is InChI=1S/C14H9F3N4O/c15-14(16,17)7-1-2-9(11(22)5-7)12-10-6-19-4-3-8(10)13(18)21-20-12/h1-6,22H,(H2,18,21). The first-order chi connectivity index (χ1) is 10.4. The van der Waals surface area contributed by atoms with Crippen LogP contribution in [0.25, 0.3) is 22.0 Å². The molecule has 0 aliphatic rings. The van der Waals surface area contributed by atoms with Gasteiger partial charge in [-0.05, 0) is 24.3 Å². The Morgan fingerprint density at radius 1 is 1.05 bits per heavy atom. The number of pyridine rings is 1. The molecule has 2 aromatic heterocycles. The van der Waals surface area contributed by atoms with Crippen LogP contribution in [-0.4, -0.2) is 20.3 Å². The maximum Gasteiger partial charge on any atom is 0.416 e. The number of fused-ring (bicyclic) bond motifs is 1. The van der Waals surface area contributed by atoms with Crippen molar-refractivity contribution in [2.45, 2.75) is 6.18 Å². The molecule has 3 aromatic rings. The fraction of sp³-hybridized carbons (Fsp3) is 0.0714. The SMILES string of the molecule is Nc1nnc(-c2ccc(C(F)(F)F)cc2O)c2cnccc12. The third-order valence-electron chi connectivity index (χ3n) is 3.19. The molecule has 3 N–H and O–H groups in total. The van der Waals surface area contributed by atoms with Crippen LogP contribution in [0.2, 0.25) is 0 Å². The lowest BCUT2D eigenvalue weighted by atomic mass is 10.0.